The predicted molar refractivity (Wildman–Crippen MR) is 130 cm³/mol. The van der Waals surface area contributed by atoms with E-state index in [1.54, 1.807) is 45.0 Å². The molecule has 0 radical (unpaired) electrons. The van der Waals surface area contributed by atoms with Crippen molar-refractivity contribution in [3.63, 3.8) is 0 Å². The van der Waals surface area contributed by atoms with Gasteiger partial charge in [-0.1, -0.05) is 59.1 Å². The van der Waals surface area contributed by atoms with E-state index in [1.165, 1.54) is 0 Å². The summed E-state index contributed by atoms with van der Waals surface area (Å²) in [4.78, 5) is 49.9. The SMILES string of the molecule is CC(C)(C)OC(=O)NCCCC1=C(CCNC(=O)OCC(Cl)(Cl)Cl)C(=O)c2ccccc2C1=O. The van der Waals surface area contributed by atoms with E-state index in [-0.39, 0.29) is 37.5 Å². The first-order valence-electron chi connectivity index (χ1n) is 10.6. The second kappa shape index (κ2) is 11.9. The van der Waals surface area contributed by atoms with Crippen LogP contribution in [0.3, 0.4) is 0 Å². The molecule has 0 aliphatic heterocycles. The van der Waals surface area contributed by atoms with E-state index < -0.39 is 28.2 Å². The van der Waals surface area contributed by atoms with Gasteiger partial charge in [0, 0.05) is 35.4 Å². The van der Waals surface area contributed by atoms with E-state index in [0.717, 1.165) is 0 Å². The van der Waals surface area contributed by atoms with Crippen LogP contribution >= 0.6 is 34.8 Å². The summed E-state index contributed by atoms with van der Waals surface area (Å²) in [6.45, 7) is 5.14. The average Bonchev–Trinajstić information content (AvgIpc) is 2.72. The summed E-state index contributed by atoms with van der Waals surface area (Å²) < 4.78 is 8.25. The largest absolute Gasteiger partial charge is 0.445 e. The van der Waals surface area contributed by atoms with Crippen molar-refractivity contribution in [1.29, 1.82) is 0 Å². The lowest BCUT2D eigenvalue weighted by Crippen LogP contribution is -2.33. The molecule has 2 rings (SSSR count). The summed E-state index contributed by atoms with van der Waals surface area (Å²) in [7, 11) is 0. The number of alkyl halides is 3. The molecule has 34 heavy (non-hydrogen) atoms. The van der Waals surface area contributed by atoms with Gasteiger partial charge in [-0.3, -0.25) is 9.59 Å². The van der Waals surface area contributed by atoms with E-state index in [4.69, 9.17) is 44.3 Å². The second-order valence-corrected chi connectivity index (χ2v) is 11.1. The number of allylic oxidation sites excluding steroid dienone is 1. The Labute approximate surface area is 213 Å². The number of halogens is 3. The zero-order valence-corrected chi connectivity index (χ0v) is 21.4. The van der Waals surface area contributed by atoms with Crippen LogP contribution in [0.4, 0.5) is 9.59 Å². The van der Waals surface area contributed by atoms with Crippen molar-refractivity contribution < 1.29 is 28.7 Å². The third-order valence-corrected chi connectivity index (χ3v) is 4.94. The van der Waals surface area contributed by atoms with Crippen LogP contribution in [0.25, 0.3) is 0 Å². The molecule has 1 aromatic rings. The van der Waals surface area contributed by atoms with Crippen LogP contribution in [-0.4, -0.2) is 52.8 Å². The number of rotatable bonds is 8. The number of fused-ring (bicyclic) bond motifs is 1. The van der Waals surface area contributed by atoms with Crippen molar-refractivity contribution in [2.24, 2.45) is 0 Å². The summed E-state index contributed by atoms with van der Waals surface area (Å²) in [5, 5.41) is 5.12. The Hall–Kier alpha value is -2.29. The molecule has 2 N–H and O–H groups in total. The quantitative estimate of drug-likeness (QED) is 0.353. The van der Waals surface area contributed by atoms with Crippen molar-refractivity contribution in [3.8, 4) is 0 Å². The lowest BCUT2D eigenvalue weighted by molar-refractivity contribution is 0.0527. The number of carbonyl (C=O) groups is 4. The fraction of sp³-hybridized carbons (Fsp3) is 0.478. The molecule has 0 fully saturated rings. The van der Waals surface area contributed by atoms with Gasteiger partial charge in [-0.05, 0) is 40.0 Å². The zero-order chi connectivity index (χ0) is 25.5. The monoisotopic (exact) mass is 532 g/mol. The van der Waals surface area contributed by atoms with Crippen molar-refractivity contribution in [2.75, 3.05) is 19.7 Å². The minimum atomic E-state index is -1.74. The molecule has 1 aromatic carbocycles. The number of hydrogen-bond donors (Lipinski definition) is 2. The van der Waals surface area contributed by atoms with Gasteiger partial charge in [-0.25, -0.2) is 9.59 Å². The molecule has 8 nitrogen and oxygen atoms in total. The highest BCUT2D eigenvalue weighted by Gasteiger charge is 2.31. The van der Waals surface area contributed by atoms with Gasteiger partial charge in [-0.15, -0.1) is 0 Å². The third-order valence-electron chi connectivity index (χ3n) is 4.61. The van der Waals surface area contributed by atoms with Gasteiger partial charge >= 0.3 is 12.2 Å². The highest BCUT2D eigenvalue weighted by molar-refractivity contribution is 6.67. The van der Waals surface area contributed by atoms with Crippen LogP contribution in [0, 0.1) is 0 Å². The van der Waals surface area contributed by atoms with Crippen molar-refractivity contribution >= 4 is 58.6 Å². The summed E-state index contributed by atoms with van der Waals surface area (Å²) >= 11 is 16.6. The molecule has 1 aliphatic carbocycles. The Morgan fingerprint density at radius 2 is 1.38 bits per heavy atom. The Kier molecular flexibility index (Phi) is 9.79. The van der Waals surface area contributed by atoms with Gasteiger partial charge < -0.3 is 20.1 Å². The molecule has 0 unspecified atom stereocenters. The number of carbonyl (C=O) groups excluding carboxylic acids is 4. The molecular weight excluding hydrogens is 507 g/mol. The highest BCUT2D eigenvalue weighted by atomic mass is 35.6. The fourth-order valence-electron chi connectivity index (χ4n) is 3.26. The van der Waals surface area contributed by atoms with Gasteiger partial charge in [0.1, 0.15) is 12.2 Å². The lowest BCUT2D eigenvalue weighted by Gasteiger charge is -2.22. The highest BCUT2D eigenvalue weighted by Crippen LogP contribution is 2.30. The van der Waals surface area contributed by atoms with E-state index in [0.29, 0.717) is 28.7 Å². The molecule has 0 bridgehead atoms. The van der Waals surface area contributed by atoms with E-state index in [2.05, 4.69) is 10.6 Å². The average molecular weight is 534 g/mol. The Morgan fingerprint density at radius 1 is 0.853 bits per heavy atom. The second-order valence-electron chi connectivity index (χ2n) is 8.56. The standard InChI is InChI=1S/C23H27Cl3N2O6/c1-22(2,3)34-21(32)27-11-6-9-16-17(10-12-28-20(31)33-13-23(24,25)26)19(30)15-8-5-4-7-14(15)18(16)29/h4-5,7-8H,6,9-13H2,1-3H3,(H,27,32)(H,28,31). The number of Topliss-reactive ketones (excluding diaryl/α,β-unsaturated/α-hetero) is 2. The van der Waals surface area contributed by atoms with Crippen LogP contribution in [0.1, 0.15) is 60.7 Å². The Bertz CT molecular complexity index is 980. The first-order chi connectivity index (χ1) is 15.8. The number of ether oxygens (including phenoxy) is 2. The van der Waals surface area contributed by atoms with Crippen molar-refractivity contribution in [3.05, 3.63) is 46.5 Å². The van der Waals surface area contributed by atoms with Crippen LogP contribution in [0.2, 0.25) is 0 Å². The maximum Gasteiger partial charge on any atom is 0.407 e. The summed E-state index contributed by atoms with van der Waals surface area (Å²) in [6, 6.07) is 6.58. The van der Waals surface area contributed by atoms with Crippen LogP contribution in [-0.2, 0) is 9.47 Å². The van der Waals surface area contributed by atoms with Crippen LogP contribution in [0.15, 0.2) is 35.4 Å². The van der Waals surface area contributed by atoms with E-state index in [1.807, 2.05) is 0 Å². The van der Waals surface area contributed by atoms with E-state index >= 15 is 0 Å². The number of alkyl carbamates (subject to hydrolysis) is 2. The molecular formula is C23H27Cl3N2O6. The van der Waals surface area contributed by atoms with Gasteiger partial charge in [-0.2, -0.15) is 0 Å². The first kappa shape index (κ1) is 28.0. The normalized spacial score (nSPS) is 13.9. The number of benzene rings is 1. The van der Waals surface area contributed by atoms with Crippen molar-refractivity contribution in [1.82, 2.24) is 10.6 Å². The molecule has 186 valence electrons. The molecule has 2 amide bonds. The molecule has 0 saturated heterocycles. The topological polar surface area (TPSA) is 111 Å². The summed E-state index contributed by atoms with van der Waals surface area (Å²) in [5.41, 5.74) is 0.689. The minimum Gasteiger partial charge on any atom is -0.445 e. The minimum absolute atomic E-state index is 0.0366. The van der Waals surface area contributed by atoms with Gasteiger partial charge in [0.25, 0.3) is 0 Å². The van der Waals surface area contributed by atoms with E-state index in [9.17, 15) is 19.2 Å². The summed E-state index contributed by atoms with van der Waals surface area (Å²) in [5.74, 6) is -0.525. The number of hydrogen-bond acceptors (Lipinski definition) is 6. The van der Waals surface area contributed by atoms with Crippen molar-refractivity contribution in [2.45, 2.75) is 49.4 Å². The molecule has 1 aliphatic rings. The smallest absolute Gasteiger partial charge is 0.407 e. The predicted octanol–water partition coefficient (Wildman–Crippen LogP) is 5.15. The molecule has 0 atom stereocenters. The summed E-state index contributed by atoms with van der Waals surface area (Å²) in [6.07, 6.45) is -0.586. The fourth-order valence-corrected chi connectivity index (χ4v) is 3.43. The molecule has 0 spiro atoms. The van der Waals surface area contributed by atoms with Gasteiger partial charge in [0.05, 0.1) is 0 Å². The lowest BCUT2D eigenvalue weighted by atomic mass is 9.81. The first-order valence-corrected chi connectivity index (χ1v) is 11.8. The molecule has 0 saturated carbocycles. The molecule has 0 aromatic heterocycles. The number of amides is 2. The van der Waals surface area contributed by atoms with Gasteiger partial charge in [0.2, 0.25) is 3.79 Å². The zero-order valence-electron chi connectivity index (χ0n) is 19.1. The molecule has 0 heterocycles. The van der Waals surface area contributed by atoms with Crippen LogP contribution in [0.5, 0.6) is 0 Å². The van der Waals surface area contributed by atoms with Crippen LogP contribution < -0.4 is 10.6 Å². The van der Waals surface area contributed by atoms with Gasteiger partial charge in [0.15, 0.2) is 11.6 Å². The Morgan fingerprint density at radius 3 is 1.91 bits per heavy atom. The third kappa shape index (κ3) is 8.81. The number of ketones is 2. The Balaban J connectivity index is 2.06. The molecule has 11 heteroatoms. The maximum atomic E-state index is 13.1. The number of nitrogens with one attached hydrogen (secondary N) is 2. The maximum absolute atomic E-state index is 13.1.